The zero-order chi connectivity index (χ0) is 18.8. The molecule has 0 atom stereocenters. The number of rotatable bonds is 4. The number of aromatic amines is 1. The summed E-state index contributed by atoms with van der Waals surface area (Å²) >= 11 is 0. The van der Waals surface area contributed by atoms with E-state index in [9.17, 15) is 4.39 Å². The molecule has 1 fully saturated rings. The van der Waals surface area contributed by atoms with Gasteiger partial charge in [0, 0.05) is 35.1 Å². The number of aromatic nitrogens is 2. The van der Waals surface area contributed by atoms with Crippen molar-refractivity contribution < 1.29 is 4.39 Å². The molecule has 1 aliphatic rings. The lowest BCUT2D eigenvalue weighted by atomic mass is 9.89. The van der Waals surface area contributed by atoms with Crippen LogP contribution in [0.3, 0.4) is 0 Å². The molecule has 4 rings (SSSR count). The van der Waals surface area contributed by atoms with Crippen LogP contribution in [-0.4, -0.2) is 35.0 Å². The SMILES string of the molecule is C=Cc1c(C2CCN(C)CC2)[nH]c(-c2ccc(F)cc2)c1-c1ccncc1. The van der Waals surface area contributed by atoms with Crippen molar-refractivity contribution in [1.82, 2.24) is 14.9 Å². The highest BCUT2D eigenvalue weighted by Crippen LogP contribution is 2.41. The van der Waals surface area contributed by atoms with E-state index in [2.05, 4.69) is 28.5 Å². The van der Waals surface area contributed by atoms with Gasteiger partial charge in [-0.2, -0.15) is 0 Å². The number of piperidine rings is 1. The van der Waals surface area contributed by atoms with Gasteiger partial charge in [-0.15, -0.1) is 0 Å². The van der Waals surface area contributed by atoms with Crippen molar-refractivity contribution in [2.24, 2.45) is 0 Å². The zero-order valence-electron chi connectivity index (χ0n) is 15.6. The fraction of sp³-hybridized carbons (Fsp3) is 0.261. The van der Waals surface area contributed by atoms with Crippen LogP contribution in [0.2, 0.25) is 0 Å². The first kappa shape index (κ1) is 17.7. The van der Waals surface area contributed by atoms with Crippen LogP contribution in [0, 0.1) is 5.82 Å². The maximum atomic E-state index is 13.5. The number of H-pyrrole nitrogens is 1. The standard InChI is InChI=1S/C23H24FN3/c1-3-20-21(16-8-12-25-13-9-16)23(17-4-6-19(24)7-5-17)26-22(20)18-10-14-27(2)15-11-18/h3-9,12-13,18,26H,1,10-11,14-15H2,2H3. The molecule has 2 aromatic heterocycles. The highest BCUT2D eigenvalue weighted by atomic mass is 19.1. The van der Waals surface area contributed by atoms with Crippen LogP contribution in [0.1, 0.15) is 30.0 Å². The highest BCUT2D eigenvalue weighted by Gasteiger charge is 2.26. The summed E-state index contributed by atoms with van der Waals surface area (Å²) in [5.74, 6) is 0.249. The predicted molar refractivity (Wildman–Crippen MR) is 109 cm³/mol. The van der Waals surface area contributed by atoms with E-state index in [0.29, 0.717) is 5.92 Å². The van der Waals surface area contributed by atoms with Crippen LogP contribution in [0.4, 0.5) is 4.39 Å². The third-order valence-electron chi connectivity index (χ3n) is 5.50. The molecular formula is C23H24FN3. The second kappa shape index (κ2) is 7.49. The maximum absolute atomic E-state index is 13.5. The molecule has 1 aliphatic heterocycles. The van der Waals surface area contributed by atoms with Crippen molar-refractivity contribution in [3.8, 4) is 22.4 Å². The number of benzene rings is 1. The van der Waals surface area contributed by atoms with Crippen molar-refractivity contribution in [2.75, 3.05) is 20.1 Å². The molecule has 138 valence electrons. The van der Waals surface area contributed by atoms with E-state index in [1.165, 1.54) is 17.8 Å². The molecule has 0 radical (unpaired) electrons. The third kappa shape index (κ3) is 3.45. The molecule has 0 amide bonds. The molecule has 0 bridgehead atoms. The maximum Gasteiger partial charge on any atom is 0.123 e. The topological polar surface area (TPSA) is 31.9 Å². The molecule has 3 nitrogen and oxygen atoms in total. The Morgan fingerprint density at radius 1 is 1.07 bits per heavy atom. The van der Waals surface area contributed by atoms with Crippen molar-refractivity contribution in [2.45, 2.75) is 18.8 Å². The molecule has 1 N–H and O–H groups in total. The lowest BCUT2D eigenvalue weighted by Gasteiger charge is -2.29. The van der Waals surface area contributed by atoms with Crippen LogP contribution in [0.25, 0.3) is 28.5 Å². The molecule has 0 aliphatic carbocycles. The Labute approximate surface area is 159 Å². The van der Waals surface area contributed by atoms with Gasteiger partial charge < -0.3 is 9.88 Å². The predicted octanol–water partition coefficient (Wildman–Crippen LogP) is 5.34. The summed E-state index contributed by atoms with van der Waals surface area (Å²) < 4.78 is 13.5. The van der Waals surface area contributed by atoms with Crippen molar-refractivity contribution in [3.05, 3.63) is 72.4 Å². The fourth-order valence-corrected chi connectivity index (χ4v) is 4.02. The first-order chi connectivity index (χ1) is 13.2. The number of hydrogen-bond donors (Lipinski definition) is 1. The monoisotopic (exact) mass is 361 g/mol. The molecule has 0 spiro atoms. The van der Waals surface area contributed by atoms with Gasteiger partial charge in [0.15, 0.2) is 0 Å². The van der Waals surface area contributed by atoms with E-state index in [1.54, 1.807) is 12.4 Å². The van der Waals surface area contributed by atoms with Gasteiger partial charge >= 0.3 is 0 Å². The first-order valence-electron chi connectivity index (χ1n) is 9.40. The Kier molecular flexibility index (Phi) is 4.90. The summed E-state index contributed by atoms with van der Waals surface area (Å²) in [4.78, 5) is 10.2. The van der Waals surface area contributed by atoms with Gasteiger partial charge in [-0.3, -0.25) is 4.98 Å². The molecule has 27 heavy (non-hydrogen) atoms. The van der Waals surface area contributed by atoms with E-state index in [0.717, 1.165) is 53.9 Å². The molecule has 3 aromatic rings. The Hall–Kier alpha value is -2.72. The molecule has 0 saturated carbocycles. The van der Waals surface area contributed by atoms with Gasteiger partial charge in [0.2, 0.25) is 0 Å². The van der Waals surface area contributed by atoms with Crippen molar-refractivity contribution >= 4 is 6.08 Å². The van der Waals surface area contributed by atoms with Crippen LogP contribution in [0.5, 0.6) is 0 Å². The first-order valence-corrected chi connectivity index (χ1v) is 9.40. The number of nitrogens with zero attached hydrogens (tertiary/aromatic N) is 2. The minimum Gasteiger partial charge on any atom is -0.357 e. The number of pyridine rings is 1. The van der Waals surface area contributed by atoms with Crippen molar-refractivity contribution in [1.29, 1.82) is 0 Å². The number of hydrogen-bond acceptors (Lipinski definition) is 2. The van der Waals surface area contributed by atoms with Gasteiger partial charge in [-0.25, -0.2) is 4.39 Å². The summed E-state index contributed by atoms with van der Waals surface area (Å²) in [5.41, 5.74) is 6.59. The van der Waals surface area contributed by atoms with E-state index in [1.807, 2.05) is 30.3 Å². The van der Waals surface area contributed by atoms with Gasteiger partial charge in [0.05, 0.1) is 5.69 Å². The summed E-state index contributed by atoms with van der Waals surface area (Å²) in [6, 6.07) is 10.7. The molecule has 1 saturated heterocycles. The smallest absolute Gasteiger partial charge is 0.123 e. The van der Waals surface area contributed by atoms with E-state index < -0.39 is 0 Å². The lowest BCUT2D eigenvalue weighted by Crippen LogP contribution is -2.29. The lowest BCUT2D eigenvalue weighted by molar-refractivity contribution is 0.253. The summed E-state index contributed by atoms with van der Waals surface area (Å²) in [5, 5.41) is 0. The van der Waals surface area contributed by atoms with E-state index >= 15 is 0 Å². The van der Waals surface area contributed by atoms with Gasteiger partial charge in [-0.05, 0) is 80.5 Å². The van der Waals surface area contributed by atoms with Crippen LogP contribution in [-0.2, 0) is 0 Å². The van der Waals surface area contributed by atoms with Crippen LogP contribution in [0.15, 0.2) is 55.4 Å². The summed E-state index contributed by atoms with van der Waals surface area (Å²) in [7, 11) is 2.17. The van der Waals surface area contributed by atoms with Gasteiger partial charge in [0.1, 0.15) is 5.82 Å². The Morgan fingerprint density at radius 3 is 2.37 bits per heavy atom. The molecular weight excluding hydrogens is 337 g/mol. The Bertz CT molecular complexity index is 920. The second-order valence-corrected chi connectivity index (χ2v) is 7.23. The highest BCUT2D eigenvalue weighted by molar-refractivity contribution is 5.89. The third-order valence-corrected chi connectivity index (χ3v) is 5.50. The molecule has 4 heteroatoms. The van der Waals surface area contributed by atoms with E-state index in [-0.39, 0.29) is 5.82 Å². The zero-order valence-corrected chi connectivity index (χ0v) is 15.6. The summed E-state index contributed by atoms with van der Waals surface area (Å²) in [6.07, 6.45) is 7.80. The summed E-state index contributed by atoms with van der Waals surface area (Å²) in [6.45, 7) is 6.29. The van der Waals surface area contributed by atoms with Gasteiger partial charge in [0.25, 0.3) is 0 Å². The number of halogens is 1. The number of likely N-dealkylation sites (tertiary alicyclic amines) is 1. The minimum absolute atomic E-state index is 0.227. The number of nitrogens with one attached hydrogen (secondary N) is 1. The molecule has 0 unspecified atom stereocenters. The Morgan fingerprint density at radius 2 is 1.74 bits per heavy atom. The molecule has 3 heterocycles. The average Bonchev–Trinajstić information content (AvgIpc) is 3.09. The Balaban J connectivity index is 1.88. The average molecular weight is 361 g/mol. The van der Waals surface area contributed by atoms with E-state index in [4.69, 9.17) is 0 Å². The second-order valence-electron chi connectivity index (χ2n) is 7.23. The normalized spacial score (nSPS) is 15.8. The van der Waals surface area contributed by atoms with Crippen molar-refractivity contribution in [3.63, 3.8) is 0 Å². The van der Waals surface area contributed by atoms with Crippen LogP contribution >= 0.6 is 0 Å². The minimum atomic E-state index is -0.227. The van der Waals surface area contributed by atoms with Gasteiger partial charge in [-0.1, -0.05) is 12.7 Å². The molecule has 1 aromatic carbocycles. The fourth-order valence-electron chi connectivity index (χ4n) is 4.02. The van der Waals surface area contributed by atoms with Crippen LogP contribution < -0.4 is 0 Å². The quantitative estimate of drug-likeness (QED) is 0.681. The largest absolute Gasteiger partial charge is 0.357 e.